The van der Waals surface area contributed by atoms with E-state index in [0.29, 0.717) is 49.9 Å². The molecule has 2 saturated heterocycles. The van der Waals surface area contributed by atoms with Gasteiger partial charge in [0.15, 0.2) is 11.5 Å². The zero-order valence-corrected chi connectivity index (χ0v) is 39.1. The molecule has 0 spiro atoms. The Labute approximate surface area is 396 Å². The van der Waals surface area contributed by atoms with Gasteiger partial charge in [0.2, 0.25) is 23.6 Å². The van der Waals surface area contributed by atoms with Crippen LogP contribution in [0.4, 0.5) is 11.4 Å². The number of methoxy groups -OCH3 is 5. The standard InChI is InChI=1S/C53H47IN2O10/c1-62-36-18-22-43(64-3)31(24-36)12-6-29-8-14-34(15-9-29)55-50(58)39-21-20-38-40(47(39)52(55)60)28-41-48(46(38)33-26-42(54)49(57)45(27-33)66-5)53(61)56(51(41)59)35-16-10-30(11-17-35)7-13-32-25-37(63-2)19-23-44(32)65-4/h6-20,22-27,39-41,46-48,57H,21,28H2,1-5H3/t39-,40+,41+,46-,47-,48+/m0/s1. The Balaban J connectivity index is 1.02. The maximum atomic E-state index is 14.8. The van der Waals surface area contributed by atoms with Crippen molar-refractivity contribution in [2.24, 2.45) is 29.6 Å². The molecule has 336 valence electrons. The third-order valence-electron chi connectivity index (χ3n) is 13.4. The van der Waals surface area contributed by atoms with E-state index >= 15 is 0 Å². The van der Waals surface area contributed by atoms with Crippen molar-refractivity contribution < 1.29 is 48.0 Å². The van der Waals surface area contributed by atoms with Gasteiger partial charge in [-0.2, -0.15) is 0 Å². The summed E-state index contributed by atoms with van der Waals surface area (Å²) in [7, 11) is 7.87. The summed E-state index contributed by atoms with van der Waals surface area (Å²) in [5.41, 5.74) is 5.73. The fourth-order valence-corrected chi connectivity index (χ4v) is 10.8. The van der Waals surface area contributed by atoms with Gasteiger partial charge < -0.3 is 28.8 Å². The number of carbonyl (C=O) groups excluding carboxylic acids is 4. The molecular weight excluding hydrogens is 951 g/mol. The molecule has 1 saturated carbocycles. The minimum atomic E-state index is -0.803. The number of imide groups is 2. The van der Waals surface area contributed by atoms with Gasteiger partial charge in [0.05, 0.1) is 74.2 Å². The number of phenolic OH excluding ortho intramolecular Hbond substituents is 1. The van der Waals surface area contributed by atoms with E-state index in [0.717, 1.165) is 27.8 Å². The van der Waals surface area contributed by atoms with Gasteiger partial charge in [-0.05, 0) is 131 Å². The number of amides is 4. The molecule has 0 radical (unpaired) electrons. The number of nitrogens with zero attached hydrogens (tertiary/aromatic N) is 2. The minimum absolute atomic E-state index is 0.0355. The molecule has 2 heterocycles. The minimum Gasteiger partial charge on any atom is -0.504 e. The summed E-state index contributed by atoms with van der Waals surface area (Å²) in [6.45, 7) is 0. The third kappa shape index (κ3) is 7.78. The Hall–Kier alpha value is -6.87. The number of ether oxygens (including phenoxy) is 5. The number of allylic oxidation sites excluding steroid dienone is 2. The van der Waals surface area contributed by atoms with Crippen molar-refractivity contribution in [3.63, 3.8) is 0 Å². The van der Waals surface area contributed by atoms with Crippen LogP contribution in [0.1, 0.15) is 46.6 Å². The van der Waals surface area contributed by atoms with Crippen LogP contribution in [0.5, 0.6) is 34.5 Å². The van der Waals surface area contributed by atoms with Crippen LogP contribution in [-0.2, 0) is 19.2 Å². The lowest BCUT2D eigenvalue weighted by Crippen LogP contribution is -2.43. The smallest absolute Gasteiger partial charge is 0.238 e. The lowest BCUT2D eigenvalue weighted by Gasteiger charge is -2.44. The quantitative estimate of drug-likeness (QED) is 0.0557. The molecule has 1 N–H and O–H groups in total. The fourth-order valence-electron chi connectivity index (χ4n) is 10.2. The van der Waals surface area contributed by atoms with Crippen molar-refractivity contribution in [2.45, 2.75) is 18.8 Å². The molecule has 9 rings (SSSR count). The molecule has 66 heavy (non-hydrogen) atoms. The van der Waals surface area contributed by atoms with E-state index in [1.54, 1.807) is 58.8 Å². The molecular formula is C53H47IN2O10. The Bertz CT molecular complexity index is 2850. The van der Waals surface area contributed by atoms with Crippen molar-refractivity contribution in [3.8, 4) is 34.5 Å². The normalized spacial score (nSPS) is 22.4. The van der Waals surface area contributed by atoms with E-state index in [4.69, 9.17) is 23.7 Å². The van der Waals surface area contributed by atoms with E-state index in [-0.39, 0.29) is 41.5 Å². The molecule has 3 fully saturated rings. The second kappa shape index (κ2) is 18.2. The first-order chi connectivity index (χ1) is 32.0. The number of benzene rings is 5. The van der Waals surface area contributed by atoms with E-state index in [2.05, 4.69) is 0 Å². The molecule has 5 aromatic rings. The van der Waals surface area contributed by atoms with Crippen LogP contribution in [0.3, 0.4) is 0 Å². The SMILES string of the molecule is COc1ccc(OC)c(C=Cc2ccc(N3C(=O)[C@H]4[C@H](CC=C5[C@H]4C[C@H]4C(=O)N(c6ccc(C=Cc7cc(OC)ccc7OC)cc6)C(=O)[C@H]4[C@H]5c4cc(I)c(O)c(OC)c4)C3=O)cc2)c1. The molecule has 13 heteroatoms. The number of hydrogen-bond acceptors (Lipinski definition) is 10. The molecule has 0 unspecified atom stereocenters. The average molecular weight is 999 g/mol. The molecule has 2 aliphatic heterocycles. The van der Waals surface area contributed by atoms with Crippen molar-refractivity contribution >= 4 is 81.9 Å². The first kappa shape index (κ1) is 44.3. The largest absolute Gasteiger partial charge is 0.504 e. The van der Waals surface area contributed by atoms with Crippen LogP contribution in [-0.4, -0.2) is 64.3 Å². The van der Waals surface area contributed by atoms with Crippen LogP contribution >= 0.6 is 22.6 Å². The summed E-state index contributed by atoms with van der Waals surface area (Å²) >= 11 is 2.03. The Morgan fingerprint density at radius 2 is 1.05 bits per heavy atom. The summed E-state index contributed by atoms with van der Waals surface area (Å²) in [6, 6.07) is 29.0. The van der Waals surface area contributed by atoms with Crippen LogP contribution in [0.2, 0.25) is 0 Å². The predicted octanol–water partition coefficient (Wildman–Crippen LogP) is 9.43. The Morgan fingerprint density at radius 1 is 0.545 bits per heavy atom. The zero-order chi connectivity index (χ0) is 46.4. The van der Waals surface area contributed by atoms with Gasteiger partial charge in [0.25, 0.3) is 0 Å². The summed E-state index contributed by atoms with van der Waals surface area (Å²) in [5, 5.41) is 10.9. The van der Waals surface area contributed by atoms with Gasteiger partial charge in [-0.15, -0.1) is 0 Å². The fraction of sp³-hybridized carbons (Fsp3) is 0.245. The summed E-state index contributed by atoms with van der Waals surface area (Å²) in [5.74, 6) is -2.51. The van der Waals surface area contributed by atoms with E-state index in [1.165, 1.54) is 16.9 Å². The van der Waals surface area contributed by atoms with Crippen LogP contribution in [0.15, 0.2) is 109 Å². The van der Waals surface area contributed by atoms with Crippen molar-refractivity contribution in [1.29, 1.82) is 0 Å². The highest BCUT2D eigenvalue weighted by Gasteiger charge is 2.62. The maximum absolute atomic E-state index is 14.8. The third-order valence-corrected chi connectivity index (χ3v) is 14.2. The van der Waals surface area contributed by atoms with Gasteiger partial charge in [-0.1, -0.05) is 60.2 Å². The van der Waals surface area contributed by atoms with Crippen molar-refractivity contribution in [1.82, 2.24) is 0 Å². The number of hydrogen-bond donors (Lipinski definition) is 1. The summed E-state index contributed by atoms with van der Waals surface area (Å²) in [4.78, 5) is 61.2. The molecule has 2 aliphatic carbocycles. The molecule has 12 nitrogen and oxygen atoms in total. The van der Waals surface area contributed by atoms with Gasteiger partial charge in [0.1, 0.15) is 23.0 Å². The zero-order valence-electron chi connectivity index (χ0n) is 36.9. The average Bonchev–Trinajstić information content (AvgIpc) is 3.75. The summed E-state index contributed by atoms with van der Waals surface area (Å²) in [6.07, 6.45) is 10.2. The molecule has 4 amide bonds. The second-order valence-corrected chi connectivity index (χ2v) is 17.8. The van der Waals surface area contributed by atoms with Gasteiger partial charge in [-0.3, -0.25) is 29.0 Å². The van der Waals surface area contributed by atoms with E-state index < -0.39 is 35.5 Å². The van der Waals surface area contributed by atoms with Crippen molar-refractivity contribution in [2.75, 3.05) is 45.3 Å². The first-order valence-electron chi connectivity index (χ1n) is 21.5. The van der Waals surface area contributed by atoms with Crippen LogP contribution < -0.4 is 33.5 Å². The van der Waals surface area contributed by atoms with Gasteiger partial charge >= 0.3 is 0 Å². The number of fused-ring (bicyclic) bond motifs is 4. The number of rotatable bonds is 12. The van der Waals surface area contributed by atoms with E-state index in [1.807, 2.05) is 120 Å². The number of halogens is 1. The predicted molar refractivity (Wildman–Crippen MR) is 260 cm³/mol. The Morgan fingerprint density at radius 3 is 1.55 bits per heavy atom. The van der Waals surface area contributed by atoms with Crippen LogP contribution in [0.25, 0.3) is 24.3 Å². The highest BCUT2D eigenvalue weighted by atomic mass is 127. The molecule has 5 aromatic carbocycles. The lowest BCUT2D eigenvalue weighted by atomic mass is 9.57. The lowest BCUT2D eigenvalue weighted by molar-refractivity contribution is -0.126. The first-order valence-corrected chi connectivity index (χ1v) is 22.6. The number of anilines is 2. The number of aromatic hydroxyl groups is 1. The molecule has 6 atom stereocenters. The van der Waals surface area contributed by atoms with E-state index in [9.17, 15) is 24.3 Å². The topological polar surface area (TPSA) is 141 Å². The highest BCUT2D eigenvalue weighted by molar-refractivity contribution is 14.1. The molecule has 0 bridgehead atoms. The highest BCUT2D eigenvalue weighted by Crippen LogP contribution is 2.59. The van der Waals surface area contributed by atoms with Gasteiger partial charge in [-0.25, -0.2) is 0 Å². The molecule has 4 aliphatic rings. The van der Waals surface area contributed by atoms with Gasteiger partial charge in [0, 0.05) is 17.0 Å². The van der Waals surface area contributed by atoms with Crippen LogP contribution in [0, 0.1) is 33.2 Å². The second-order valence-electron chi connectivity index (χ2n) is 16.7. The Kier molecular flexibility index (Phi) is 12.2. The number of carbonyl (C=O) groups is 4. The summed E-state index contributed by atoms with van der Waals surface area (Å²) < 4.78 is 27.9. The molecule has 0 aromatic heterocycles. The maximum Gasteiger partial charge on any atom is 0.238 e. The monoisotopic (exact) mass is 998 g/mol. The van der Waals surface area contributed by atoms with Crippen molar-refractivity contribution in [3.05, 3.63) is 140 Å². The number of phenols is 1.